The summed E-state index contributed by atoms with van der Waals surface area (Å²) in [6.07, 6.45) is 0. The fourth-order valence-electron chi connectivity index (χ4n) is 2.32. The van der Waals surface area contributed by atoms with Gasteiger partial charge in [-0.25, -0.2) is 9.37 Å². The highest BCUT2D eigenvalue weighted by molar-refractivity contribution is 5.84. The standard InChI is InChI=1S/C17H13FN2O4/c1-9(21)24-15-7-11-13(8-14(15)23-2)19-16(20-17(11)22)10-5-3-4-6-12(10)18/h3-8H,1-2H3,(H,19,20,22). The van der Waals surface area contributed by atoms with Crippen LogP contribution in [0.1, 0.15) is 6.92 Å². The van der Waals surface area contributed by atoms with Crippen LogP contribution in [-0.4, -0.2) is 23.0 Å². The number of aromatic amines is 1. The van der Waals surface area contributed by atoms with Crippen LogP contribution in [0.15, 0.2) is 41.2 Å². The summed E-state index contributed by atoms with van der Waals surface area (Å²) in [4.78, 5) is 30.3. The number of methoxy groups -OCH3 is 1. The first-order valence-electron chi connectivity index (χ1n) is 7.05. The first kappa shape index (κ1) is 15.7. The molecule has 0 aliphatic rings. The highest BCUT2D eigenvalue weighted by Crippen LogP contribution is 2.31. The minimum atomic E-state index is -0.542. The Morgan fingerprint density at radius 3 is 2.62 bits per heavy atom. The number of benzene rings is 2. The highest BCUT2D eigenvalue weighted by atomic mass is 19.1. The van der Waals surface area contributed by atoms with Crippen molar-refractivity contribution in [3.63, 3.8) is 0 Å². The summed E-state index contributed by atoms with van der Waals surface area (Å²) in [5, 5.41) is 0.201. The van der Waals surface area contributed by atoms with Gasteiger partial charge < -0.3 is 14.5 Å². The van der Waals surface area contributed by atoms with Crippen LogP contribution in [0.25, 0.3) is 22.3 Å². The van der Waals surface area contributed by atoms with Crippen molar-refractivity contribution >= 4 is 16.9 Å². The van der Waals surface area contributed by atoms with Gasteiger partial charge in [0.05, 0.1) is 23.6 Å². The molecule has 0 spiro atoms. The summed E-state index contributed by atoms with van der Waals surface area (Å²) >= 11 is 0. The molecular weight excluding hydrogens is 315 g/mol. The van der Waals surface area contributed by atoms with E-state index in [4.69, 9.17) is 9.47 Å². The number of H-pyrrole nitrogens is 1. The number of hydrogen-bond acceptors (Lipinski definition) is 5. The number of fused-ring (bicyclic) bond motifs is 1. The van der Waals surface area contributed by atoms with E-state index < -0.39 is 17.3 Å². The molecule has 0 radical (unpaired) electrons. The molecule has 1 N–H and O–H groups in total. The Hall–Kier alpha value is -3.22. The Morgan fingerprint density at radius 1 is 1.21 bits per heavy atom. The molecule has 0 bridgehead atoms. The highest BCUT2D eigenvalue weighted by Gasteiger charge is 2.14. The van der Waals surface area contributed by atoms with E-state index in [1.54, 1.807) is 12.1 Å². The number of nitrogens with zero attached hydrogens (tertiary/aromatic N) is 1. The Kier molecular flexibility index (Phi) is 3.99. The fraction of sp³-hybridized carbons (Fsp3) is 0.118. The van der Waals surface area contributed by atoms with Gasteiger partial charge in [0, 0.05) is 13.0 Å². The minimum absolute atomic E-state index is 0.105. The lowest BCUT2D eigenvalue weighted by molar-refractivity contribution is -0.132. The number of carbonyl (C=O) groups is 1. The number of carbonyl (C=O) groups excluding carboxylic acids is 1. The van der Waals surface area contributed by atoms with Crippen molar-refractivity contribution in [1.29, 1.82) is 0 Å². The molecule has 7 heteroatoms. The monoisotopic (exact) mass is 328 g/mol. The van der Waals surface area contributed by atoms with Crippen molar-refractivity contribution in [2.75, 3.05) is 7.11 Å². The zero-order valence-corrected chi connectivity index (χ0v) is 12.9. The van der Waals surface area contributed by atoms with Gasteiger partial charge in [0.25, 0.3) is 5.56 Å². The number of ether oxygens (including phenoxy) is 2. The summed E-state index contributed by atoms with van der Waals surface area (Å²) in [6, 6.07) is 8.83. The Morgan fingerprint density at radius 2 is 1.96 bits per heavy atom. The molecule has 0 saturated heterocycles. The third-order valence-corrected chi connectivity index (χ3v) is 3.37. The maximum absolute atomic E-state index is 13.9. The molecule has 0 saturated carbocycles. The molecule has 122 valence electrons. The fourth-order valence-corrected chi connectivity index (χ4v) is 2.32. The third-order valence-electron chi connectivity index (χ3n) is 3.37. The van der Waals surface area contributed by atoms with Crippen molar-refractivity contribution in [1.82, 2.24) is 9.97 Å². The van der Waals surface area contributed by atoms with E-state index in [-0.39, 0.29) is 28.3 Å². The summed E-state index contributed by atoms with van der Waals surface area (Å²) in [5.74, 6) is -0.574. The van der Waals surface area contributed by atoms with Crippen LogP contribution in [0.2, 0.25) is 0 Å². The number of rotatable bonds is 3. The zero-order valence-electron chi connectivity index (χ0n) is 12.9. The number of hydrogen-bond donors (Lipinski definition) is 1. The van der Waals surface area contributed by atoms with Crippen molar-refractivity contribution in [2.24, 2.45) is 0 Å². The van der Waals surface area contributed by atoms with Gasteiger partial charge in [-0.2, -0.15) is 0 Å². The first-order chi connectivity index (χ1) is 11.5. The molecule has 0 fully saturated rings. The van der Waals surface area contributed by atoms with Gasteiger partial charge in [-0.1, -0.05) is 12.1 Å². The van der Waals surface area contributed by atoms with Crippen molar-refractivity contribution in [3.05, 3.63) is 52.6 Å². The lowest BCUT2D eigenvalue weighted by Gasteiger charge is -2.10. The predicted molar refractivity (Wildman–Crippen MR) is 85.6 cm³/mol. The molecule has 0 unspecified atom stereocenters. The molecule has 6 nitrogen and oxygen atoms in total. The second kappa shape index (κ2) is 6.11. The normalized spacial score (nSPS) is 10.6. The van der Waals surface area contributed by atoms with E-state index in [0.717, 1.165) is 0 Å². The van der Waals surface area contributed by atoms with Crippen LogP contribution in [0.3, 0.4) is 0 Å². The van der Waals surface area contributed by atoms with Gasteiger partial charge in [0.2, 0.25) is 0 Å². The van der Waals surface area contributed by atoms with E-state index in [1.165, 1.54) is 38.3 Å². The van der Waals surface area contributed by atoms with E-state index in [1.807, 2.05) is 0 Å². The zero-order chi connectivity index (χ0) is 17.3. The third kappa shape index (κ3) is 2.83. The van der Waals surface area contributed by atoms with Gasteiger partial charge in [-0.3, -0.25) is 9.59 Å². The topological polar surface area (TPSA) is 81.3 Å². The lowest BCUT2D eigenvalue weighted by atomic mass is 10.1. The first-order valence-corrected chi connectivity index (χ1v) is 7.05. The minimum Gasteiger partial charge on any atom is -0.493 e. The second-order valence-electron chi connectivity index (χ2n) is 5.01. The summed E-state index contributed by atoms with van der Waals surface area (Å²) in [7, 11) is 1.40. The summed E-state index contributed by atoms with van der Waals surface area (Å²) < 4.78 is 24.1. The maximum atomic E-state index is 13.9. The molecule has 24 heavy (non-hydrogen) atoms. The molecule has 3 aromatic rings. The SMILES string of the molecule is COc1cc2nc(-c3ccccc3F)[nH]c(=O)c2cc1OC(C)=O. The van der Waals surface area contributed by atoms with Gasteiger partial charge in [-0.15, -0.1) is 0 Å². The molecule has 0 amide bonds. The molecule has 0 aliphatic heterocycles. The van der Waals surface area contributed by atoms with Crippen LogP contribution < -0.4 is 15.0 Å². The molecule has 1 heterocycles. The largest absolute Gasteiger partial charge is 0.493 e. The Bertz CT molecular complexity index is 998. The van der Waals surface area contributed by atoms with Gasteiger partial charge in [0.15, 0.2) is 11.5 Å². The summed E-state index contributed by atoms with van der Waals surface area (Å²) in [6.45, 7) is 1.24. The van der Waals surface area contributed by atoms with Crippen LogP contribution in [-0.2, 0) is 4.79 Å². The smallest absolute Gasteiger partial charge is 0.308 e. The maximum Gasteiger partial charge on any atom is 0.308 e. The molecule has 1 aromatic heterocycles. The summed E-state index contributed by atoms with van der Waals surface area (Å²) in [5.41, 5.74) is -0.00130. The van der Waals surface area contributed by atoms with Crippen LogP contribution in [0.4, 0.5) is 4.39 Å². The molecular formula is C17H13FN2O4. The quantitative estimate of drug-likeness (QED) is 0.590. The number of aromatic nitrogens is 2. The van der Waals surface area contributed by atoms with E-state index in [9.17, 15) is 14.0 Å². The van der Waals surface area contributed by atoms with E-state index in [2.05, 4.69) is 9.97 Å². The number of esters is 1. The molecule has 0 atom stereocenters. The predicted octanol–water partition coefficient (Wildman–Crippen LogP) is 2.66. The molecule has 3 rings (SSSR count). The van der Waals surface area contributed by atoms with Gasteiger partial charge >= 0.3 is 5.97 Å². The van der Waals surface area contributed by atoms with Crippen LogP contribution in [0.5, 0.6) is 11.5 Å². The van der Waals surface area contributed by atoms with Gasteiger partial charge in [-0.05, 0) is 18.2 Å². The van der Waals surface area contributed by atoms with Crippen molar-refractivity contribution in [3.8, 4) is 22.9 Å². The van der Waals surface area contributed by atoms with Crippen LogP contribution >= 0.6 is 0 Å². The van der Waals surface area contributed by atoms with E-state index in [0.29, 0.717) is 5.52 Å². The second-order valence-corrected chi connectivity index (χ2v) is 5.01. The average Bonchev–Trinajstić information content (AvgIpc) is 2.54. The number of nitrogens with one attached hydrogen (secondary N) is 1. The van der Waals surface area contributed by atoms with Gasteiger partial charge in [0.1, 0.15) is 11.6 Å². The Labute approximate surface area is 135 Å². The number of halogens is 1. The Balaban J connectivity index is 2.24. The molecule has 0 aliphatic carbocycles. The lowest BCUT2D eigenvalue weighted by Crippen LogP contribution is -2.11. The average molecular weight is 328 g/mol. The van der Waals surface area contributed by atoms with Crippen molar-refractivity contribution < 1.29 is 18.7 Å². The van der Waals surface area contributed by atoms with Crippen LogP contribution in [0, 0.1) is 5.82 Å². The molecule has 2 aromatic carbocycles. The van der Waals surface area contributed by atoms with Crippen molar-refractivity contribution in [2.45, 2.75) is 6.92 Å². The van der Waals surface area contributed by atoms with E-state index >= 15 is 0 Å².